The van der Waals surface area contributed by atoms with E-state index in [0.717, 1.165) is 25.9 Å². The molecular formula is C17H29NO. The lowest BCUT2D eigenvalue weighted by Crippen LogP contribution is -2.41. The van der Waals surface area contributed by atoms with Crippen molar-refractivity contribution in [3.63, 3.8) is 0 Å². The largest absolute Gasteiger partial charge is 0.396 e. The Morgan fingerprint density at radius 1 is 1.21 bits per heavy atom. The van der Waals surface area contributed by atoms with E-state index in [1.165, 1.54) is 5.56 Å². The van der Waals surface area contributed by atoms with Crippen molar-refractivity contribution in [2.24, 2.45) is 5.41 Å². The first-order valence-corrected chi connectivity index (χ1v) is 7.39. The molecule has 0 aromatic heterocycles. The Labute approximate surface area is 118 Å². The van der Waals surface area contributed by atoms with Gasteiger partial charge in [0.2, 0.25) is 0 Å². The van der Waals surface area contributed by atoms with E-state index in [-0.39, 0.29) is 12.0 Å². The molecule has 2 nitrogen and oxygen atoms in total. The molecule has 0 bridgehead atoms. The second kappa shape index (κ2) is 7.66. The van der Waals surface area contributed by atoms with Crippen molar-refractivity contribution in [1.29, 1.82) is 0 Å². The average molecular weight is 263 g/mol. The van der Waals surface area contributed by atoms with Crippen LogP contribution in [0.2, 0.25) is 0 Å². The molecule has 0 spiro atoms. The fourth-order valence-corrected chi connectivity index (χ4v) is 2.54. The number of hydrogen-bond donors (Lipinski definition) is 1. The molecule has 1 unspecified atom stereocenters. The molecule has 1 N–H and O–H groups in total. The lowest BCUT2D eigenvalue weighted by Gasteiger charge is -2.36. The number of nitrogens with zero attached hydrogens (tertiary/aromatic N) is 1. The third-order valence-corrected chi connectivity index (χ3v) is 3.78. The highest BCUT2D eigenvalue weighted by atomic mass is 16.3. The predicted molar refractivity (Wildman–Crippen MR) is 82.1 cm³/mol. The summed E-state index contributed by atoms with van der Waals surface area (Å²) in [5.74, 6) is 0. The van der Waals surface area contributed by atoms with Gasteiger partial charge in [0.1, 0.15) is 0 Å². The molecule has 108 valence electrons. The van der Waals surface area contributed by atoms with Crippen LogP contribution in [-0.4, -0.2) is 29.2 Å². The Morgan fingerprint density at radius 3 is 2.32 bits per heavy atom. The van der Waals surface area contributed by atoms with Crippen LogP contribution in [0.25, 0.3) is 0 Å². The van der Waals surface area contributed by atoms with Crippen LogP contribution in [0.4, 0.5) is 0 Å². The molecule has 1 atom stereocenters. The van der Waals surface area contributed by atoms with Crippen molar-refractivity contribution in [2.75, 3.05) is 13.2 Å². The second-order valence-corrected chi connectivity index (χ2v) is 6.20. The van der Waals surface area contributed by atoms with Gasteiger partial charge in [-0.2, -0.15) is 0 Å². The van der Waals surface area contributed by atoms with Crippen molar-refractivity contribution in [3.8, 4) is 0 Å². The summed E-state index contributed by atoms with van der Waals surface area (Å²) in [6.07, 6.45) is 2.19. The van der Waals surface area contributed by atoms with Crippen molar-refractivity contribution in [2.45, 2.75) is 53.1 Å². The quantitative estimate of drug-likeness (QED) is 0.773. The molecule has 0 heterocycles. The average Bonchev–Trinajstić information content (AvgIpc) is 2.39. The van der Waals surface area contributed by atoms with E-state index < -0.39 is 0 Å². The van der Waals surface area contributed by atoms with Gasteiger partial charge in [-0.3, -0.25) is 4.90 Å². The molecule has 0 aliphatic carbocycles. The van der Waals surface area contributed by atoms with Gasteiger partial charge < -0.3 is 5.11 Å². The monoisotopic (exact) mass is 263 g/mol. The van der Waals surface area contributed by atoms with Crippen LogP contribution in [0, 0.1) is 5.41 Å². The Morgan fingerprint density at radius 2 is 1.84 bits per heavy atom. The minimum atomic E-state index is 0.00774. The molecule has 1 rings (SSSR count). The molecule has 2 heteroatoms. The number of aliphatic hydroxyl groups excluding tert-OH is 1. The van der Waals surface area contributed by atoms with Crippen molar-refractivity contribution >= 4 is 0 Å². The lowest BCUT2D eigenvalue weighted by atomic mass is 9.85. The highest BCUT2D eigenvalue weighted by Gasteiger charge is 2.26. The van der Waals surface area contributed by atoms with E-state index in [4.69, 9.17) is 0 Å². The van der Waals surface area contributed by atoms with Gasteiger partial charge in [-0.25, -0.2) is 0 Å². The normalized spacial score (nSPS) is 14.9. The van der Waals surface area contributed by atoms with Crippen LogP contribution < -0.4 is 0 Å². The van der Waals surface area contributed by atoms with Crippen molar-refractivity contribution in [3.05, 3.63) is 35.9 Å². The smallest absolute Gasteiger partial charge is 0.0497 e. The van der Waals surface area contributed by atoms with Crippen LogP contribution in [-0.2, 0) is 6.54 Å². The summed E-state index contributed by atoms with van der Waals surface area (Å²) in [6, 6.07) is 11.1. The van der Waals surface area contributed by atoms with E-state index in [9.17, 15) is 5.11 Å². The van der Waals surface area contributed by atoms with Crippen LogP contribution in [0.1, 0.15) is 46.1 Å². The summed E-state index contributed by atoms with van der Waals surface area (Å²) < 4.78 is 0. The molecule has 0 aliphatic heterocycles. The fraction of sp³-hybridized carbons (Fsp3) is 0.647. The summed E-state index contributed by atoms with van der Waals surface area (Å²) in [4.78, 5) is 2.46. The second-order valence-electron chi connectivity index (χ2n) is 6.20. The number of rotatable bonds is 8. The molecule has 0 fully saturated rings. The third-order valence-electron chi connectivity index (χ3n) is 3.78. The van der Waals surface area contributed by atoms with Crippen LogP contribution >= 0.6 is 0 Å². The van der Waals surface area contributed by atoms with Crippen LogP contribution in [0.15, 0.2) is 30.3 Å². The Balaban J connectivity index is 2.72. The maximum atomic E-state index is 9.69. The topological polar surface area (TPSA) is 23.5 Å². The SMILES string of the molecule is CCCC(C)(CO)CN(Cc1ccccc1)C(C)C. The highest BCUT2D eigenvalue weighted by Crippen LogP contribution is 2.25. The van der Waals surface area contributed by atoms with E-state index in [1.54, 1.807) is 0 Å². The molecular weight excluding hydrogens is 234 g/mol. The van der Waals surface area contributed by atoms with Gasteiger partial charge >= 0.3 is 0 Å². The summed E-state index contributed by atoms with van der Waals surface area (Å²) >= 11 is 0. The minimum Gasteiger partial charge on any atom is -0.396 e. The van der Waals surface area contributed by atoms with E-state index >= 15 is 0 Å². The van der Waals surface area contributed by atoms with Crippen LogP contribution in [0.3, 0.4) is 0 Å². The van der Waals surface area contributed by atoms with E-state index in [2.05, 4.69) is 62.9 Å². The first-order valence-electron chi connectivity index (χ1n) is 7.39. The standard InChI is InChI=1S/C17H29NO/c1-5-11-17(4,14-19)13-18(15(2)3)12-16-9-7-6-8-10-16/h6-10,15,19H,5,11-14H2,1-4H3. The van der Waals surface area contributed by atoms with Gasteiger partial charge in [0.15, 0.2) is 0 Å². The summed E-state index contributed by atoms with van der Waals surface area (Å²) in [6.45, 7) is 11.0. The van der Waals surface area contributed by atoms with Gasteiger partial charge in [-0.05, 0) is 25.8 Å². The molecule has 0 radical (unpaired) electrons. The predicted octanol–water partition coefficient (Wildman–Crippen LogP) is 3.70. The Hall–Kier alpha value is -0.860. The minimum absolute atomic E-state index is 0.00774. The summed E-state index contributed by atoms with van der Waals surface area (Å²) in [7, 11) is 0. The maximum Gasteiger partial charge on any atom is 0.0497 e. The highest BCUT2D eigenvalue weighted by molar-refractivity contribution is 5.14. The first kappa shape index (κ1) is 16.2. The van der Waals surface area contributed by atoms with Crippen LogP contribution in [0.5, 0.6) is 0 Å². The third kappa shape index (κ3) is 5.33. The van der Waals surface area contributed by atoms with E-state index in [0.29, 0.717) is 6.04 Å². The molecule has 19 heavy (non-hydrogen) atoms. The van der Waals surface area contributed by atoms with Gasteiger partial charge in [-0.1, -0.05) is 50.6 Å². The Kier molecular flexibility index (Phi) is 6.53. The number of hydrogen-bond acceptors (Lipinski definition) is 2. The molecule has 0 saturated heterocycles. The lowest BCUT2D eigenvalue weighted by molar-refractivity contribution is 0.0619. The van der Waals surface area contributed by atoms with Crippen molar-refractivity contribution < 1.29 is 5.11 Å². The summed E-state index contributed by atoms with van der Waals surface area (Å²) in [5, 5.41) is 9.69. The zero-order valence-corrected chi connectivity index (χ0v) is 12.9. The molecule has 1 aromatic carbocycles. The molecule has 0 saturated carbocycles. The van der Waals surface area contributed by atoms with E-state index in [1.807, 2.05) is 0 Å². The molecule has 1 aromatic rings. The zero-order valence-electron chi connectivity index (χ0n) is 12.9. The zero-order chi connectivity index (χ0) is 14.3. The van der Waals surface area contributed by atoms with Gasteiger partial charge in [0.25, 0.3) is 0 Å². The first-order chi connectivity index (χ1) is 9.00. The Bertz CT molecular complexity index is 350. The van der Waals surface area contributed by atoms with Gasteiger partial charge in [-0.15, -0.1) is 0 Å². The fourth-order valence-electron chi connectivity index (χ4n) is 2.54. The molecule has 0 amide bonds. The maximum absolute atomic E-state index is 9.69. The molecule has 0 aliphatic rings. The number of aliphatic hydroxyl groups is 1. The van der Waals surface area contributed by atoms with Gasteiger partial charge in [0.05, 0.1) is 0 Å². The number of benzene rings is 1. The van der Waals surface area contributed by atoms with Gasteiger partial charge in [0, 0.05) is 31.2 Å². The summed E-state index contributed by atoms with van der Waals surface area (Å²) in [5.41, 5.74) is 1.35. The van der Waals surface area contributed by atoms with Crippen molar-refractivity contribution in [1.82, 2.24) is 4.90 Å².